The summed E-state index contributed by atoms with van der Waals surface area (Å²) in [5.41, 5.74) is 6.74. The molecule has 0 saturated carbocycles. The molecule has 88 valence electrons. The van der Waals surface area contributed by atoms with E-state index >= 15 is 0 Å². The standard InChI is InChI=1S/C9H9N5O2S/c10-9-13-8(4-17-9)7(2-15)14-16-3-6-1-11-5-12-6/h1-2,4-5H,3H2,(H2,10,13)(H,11,12)/b14-7-. The number of carbonyl (C=O) groups excluding carboxylic acids is 1. The van der Waals surface area contributed by atoms with E-state index in [2.05, 4.69) is 20.1 Å². The SMILES string of the molecule is Nc1nc(/C(C=O)=N\OCc2cnc[nH]2)cs1. The highest BCUT2D eigenvalue weighted by molar-refractivity contribution is 7.13. The van der Waals surface area contributed by atoms with Gasteiger partial charge in [-0.25, -0.2) is 9.97 Å². The van der Waals surface area contributed by atoms with E-state index in [4.69, 9.17) is 10.6 Å². The van der Waals surface area contributed by atoms with Gasteiger partial charge in [-0.2, -0.15) is 0 Å². The molecule has 2 rings (SSSR count). The zero-order chi connectivity index (χ0) is 12.1. The van der Waals surface area contributed by atoms with E-state index in [0.29, 0.717) is 17.1 Å². The van der Waals surface area contributed by atoms with E-state index < -0.39 is 0 Å². The van der Waals surface area contributed by atoms with Crippen LogP contribution in [0.5, 0.6) is 0 Å². The van der Waals surface area contributed by atoms with E-state index in [9.17, 15) is 4.79 Å². The molecule has 7 nitrogen and oxygen atoms in total. The number of nitrogens with one attached hydrogen (secondary N) is 1. The topological polar surface area (TPSA) is 106 Å². The molecule has 2 aromatic rings. The van der Waals surface area contributed by atoms with Crippen LogP contribution in [0, 0.1) is 0 Å². The minimum absolute atomic E-state index is 0.109. The first-order chi connectivity index (χ1) is 8.29. The van der Waals surface area contributed by atoms with Gasteiger partial charge in [0.2, 0.25) is 0 Å². The van der Waals surface area contributed by atoms with Crippen LogP contribution >= 0.6 is 11.3 Å². The largest absolute Gasteiger partial charge is 0.389 e. The smallest absolute Gasteiger partial charge is 0.180 e. The van der Waals surface area contributed by atoms with Crippen LogP contribution in [0.1, 0.15) is 11.4 Å². The Morgan fingerprint density at radius 1 is 1.71 bits per heavy atom. The first-order valence-electron chi connectivity index (χ1n) is 4.63. The molecule has 8 heteroatoms. The number of carbonyl (C=O) groups is 1. The number of nitrogen functional groups attached to an aromatic ring is 1. The molecule has 0 amide bonds. The third-order valence-corrected chi connectivity index (χ3v) is 2.51. The number of hydrogen-bond donors (Lipinski definition) is 2. The number of nitrogens with two attached hydrogens (primary N) is 1. The Labute approximate surface area is 100 Å². The number of oxime groups is 1. The fraction of sp³-hybridized carbons (Fsp3) is 0.111. The molecule has 0 saturated heterocycles. The van der Waals surface area contributed by atoms with E-state index in [-0.39, 0.29) is 12.3 Å². The Morgan fingerprint density at radius 2 is 2.59 bits per heavy atom. The molecule has 0 aliphatic heterocycles. The number of rotatable bonds is 5. The monoisotopic (exact) mass is 251 g/mol. The Morgan fingerprint density at radius 3 is 3.18 bits per heavy atom. The Bertz CT molecular complexity index is 519. The Balaban J connectivity index is 2.01. The van der Waals surface area contributed by atoms with Crippen LogP contribution in [0.15, 0.2) is 23.1 Å². The summed E-state index contributed by atoms with van der Waals surface area (Å²) in [6.07, 6.45) is 3.71. The van der Waals surface area contributed by atoms with Crippen LogP contribution in [0.4, 0.5) is 5.13 Å². The number of hydrogen-bond acceptors (Lipinski definition) is 7. The summed E-state index contributed by atoms with van der Waals surface area (Å²) in [7, 11) is 0. The number of thiazole rings is 1. The molecule has 17 heavy (non-hydrogen) atoms. The average molecular weight is 251 g/mol. The van der Waals surface area contributed by atoms with E-state index in [1.165, 1.54) is 17.7 Å². The van der Waals surface area contributed by atoms with Crippen molar-refractivity contribution >= 4 is 28.5 Å². The summed E-state index contributed by atoms with van der Waals surface area (Å²) >= 11 is 1.23. The lowest BCUT2D eigenvalue weighted by molar-refractivity contribution is -0.102. The van der Waals surface area contributed by atoms with Gasteiger partial charge in [-0.3, -0.25) is 4.79 Å². The van der Waals surface area contributed by atoms with Crippen molar-refractivity contribution < 1.29 is 9.63 Å². The average Bonchev–Trinajstić information content (AvgIpc) is 2.96. The lowest BCUT2D eigenvalue weighted by Gasteiger charge is -1.97. The van der Waals surface area contributed by atoms with Gasteiger partial charge in [-0.15, -0.1) is 11.3 Å². The van der Waals surface area contributed by atoms with Crippen LogP contribution in [0.3, 0.4) is 0 Å². The van der Waals surface area contributed by atoms with Crippen molar-refractivity contribution in [3.05, 3.63) is 29.3 Å². The number of aromatic amines is 1. The first kappa shape index (κ1) is 11.3. The predicted molar refractivity (Wildman–Crippen MR) is 62.5 cm³/mol. The highest BCUT2D eigenvalue weighted by Crippen LogP contribution is 2.11. The second kappa shape index (κ2) is 5.21. The van der Waals surface area contributed by atoms with Crippen LogP contribution in [0.25, 0.3) is 0 Å². The lowest BCUT2D eigenvalue weighted by Crippen LogP contribution is -2.04. The third kappa shape index (κ3) is 2.88. The maximum atomic E-state index is 10.8. The molecule has 0 fully saturated rings. The maximum absolute atomic E-state index is 10.8. The second-order valence-corrected chi connectivity index (χ2v) is 3.91. The zero-order valence-electron chi connectivity index (χ0n) is 8.66. The van der Waals surface area contributed by atoms with Gasteiger partial charge >= 0.3 is 0 Å². The van der Waals surface area contributed by atoms with Gasteiger partial charge in [-0.1, -0.05) is 5.16 Å². The van der Waals surface area contributed by atoms with Gasteiger partial charge in [0.15, 0.2) is 23.7 Å². The summed E-state index contributed by atoms with van der Waals surface area (Å²) in [6.45, 7) is 0.205. The molecule has 0 aromatic carbocycles. The van der Waals surface area contributed by atoms with Crippen molar-refractivity contribution in [1.29, 1.82) is 0 Å². The molecule has 0 aliphatic carbocycles. The molecule has 2 aromatic heterocycles. The number of aldehydes is 1. The Hall–Kier alpha value is -2.22. The molecule has 0 aliphatic rings. The van der Waals surface area contributed by atoms with Crippen molar-refractivity contribution in [3.8, 4) is 0 Å². The van der Waals surface area contributed by atoms with Gasteiger partial charge in [0.1, 0.15) is 5.69 Å². The van der Waals surface area contributed by atoms with Crippen LogP contribution in [0.2, 0.25) is 0 Å². The van der Waals surface area contributed by atoms with Gasteiger partial charge in [0.25, 0.3) is 0 Å². The third-order valence-electron chi connectivity index (χ3n) is 1.83. The fourth-order valence-electron chi connectivity index (χ4n) is 1.07. The van der Waals surface area contributed by atoms with Crippen molar-refractivity contribution in [2.45, 2.75) is 6.61 Å². The van der Waals surface area contributed by atoms with Crippen LogP contribution < -0.4 is 5.73 Å². The summed E-state index contributed by atoms with van der Waals surface area (Å²) in [6, 6.07) is 0. The number of imidazole rings is 1. The molecule has 3 N–H and O–H groups in total. The minimum Gasteiger partial charge on any atom is -0.389 e. The highest BCUT2D eigenvalue weighted by Gasteiger charge is 2.07. The van der Waals surface area contributed by atoms with Gasteiger partial charge in [0, 0.05) is 5.38 Å². The van der Waals surface area contributed by atoms with Crippen molar-refractivity contribution in [2.24, 2.45) is 5.16 Å². The zero-order valence-corrected chi connectivity index (χ0v) is 9.48. The van der Waals surface area contributed by atoms with Gasteiger partial charge in [-0.05, 0) is 0 Å². The minimum atomic E-state index is 0.109. The van der Waals surface area contributed by atoms with Crippen LogP contribution in [-0.4, -0.2) is 26.9 Å². The lowest BCUT2D eigenvalue weighted by atomic mass is 10.3. The van der Waals surface area contributed by atoms with Crippen molar-refractivity contribution in [2.75, 3.05) is 5.73 Å². The van der Waals surface area contributed by atoms with Gasteiger partial charge < -0.3 is 15.6 Å². The quantitative estimate of drug-likeness (QED) is 0.459. The molecular formula is C9H9N5O2S. The molecule has 0 bridgehead atoms. The number of H-pyrrole nitrogens is 1. The fourth-order valence-corrected chi connectivity index (χ4v) is 1.63. The van der Waals surface area contributed by atoms with E-state index in [0.717, 1.165) is 5.69 Å². The maximum Gasteiger partial charge on any atom is 0.180 e. The predicted octanol–water partition coefficient (Wildman–Crippen LogP) is 0.568. The summed E-state index contributed by atoms with van der Waals surface area (Å²) in [5.74, 6) is 0. The van der Waals surface area contributed by atoms with Crippen molar-refractivity contribution in [1.82, 2.24) is 15.0 Å². The summed E-state index contributed by atoms with van der Waals surface area (Å²) < 4.78 is 0. The molecular weight excluding hydrogens is 242 g/mol. The normalized spacial score (nSPS) is 11.4. The molecule has 0 unspecified atom stereocenters. The van der Waals surface area contributed by atoms with E-state index in [1.807, 2.05) is 0 Å². The molecule has 0 atom stereocenters. The first-order valence-corrected chi connectivity index (χ1v) is 5.51. The number of nitrogens with zero attached hydrogens (tertiary/aromatic N) is 3. The summed E-state index contributed by atoms with van der Waals surface area (Å²) in [4.78, 5) is 26.4. The summed E-state index contributed by atoms with van der Waals surface area (Å²) in [5, 5.41) is 5.71. The number of aromatic nitrogens is 3. The van der Waals surface area contributed by atoms with E-state index in [1.54, 1.807) is 11.6 Å². The molecule has 0 spiro atoms. The number of anilines is 1. The van der Waals surface area contributed by atoms with Crippen LogP contribution in [-0.2, 0) is 16.2 Å². The van der Waals surface area contributed by atoms with Gasteiger partial charge in [0.05, 0.1) is 18.2 Å². The molecule has 0 radical (unpaired) electrons. The molecule has 2 heterocycles. The Kier molecular flexibility index (Phi) is 3.46. The van der Waals surface area contributed by atoms with Crippen molar-refractivity contribution in [3.63, 3.8) is 0 Å². The second-order valence-electron chi connectivity index (χ2n) is 3.02. The highest BCUT2D eigenvalue weighted by atomic mass is 32.1.